The van der Waals surface area contributed by atoms with Crippen molar-refractivity contribution in [1.29, 1.82) is 0 Å². The van der Waals surface area contributed by atoms with Crippen molar-refractivity contribution in [3.05, 3.63) is 71.8 Å². The molecule has 36 heavy (non-hydrogen) atoms. The van der Waals surface area contributed by atoms with Gasteiger partial charge in [0.25, 0.3) is 5.91 Å². The number of ether oxygens (including phenoxy) is 1. The molecule has 9 nitrogen and oxygen atoms in total. The minimum Gasteiger partial charge on any atom is -0.462 e. The third-order valence-electron chi connectivity index (χ3n) is 5.78. The fourth-order valence-electron chi connectivity index (χ4n) is 3.95. The summed E-state index contributed by atoms with van der Waals surface area (Å²) in [5, 5.41) is 8.41. The van der Waals surface area contributed by atoms with Crippen molar-refractivity contribution in [2.75, 3.05) is 25.0 Å². The number of primary sulfonamides is 1. The lowest BCUT2D eigenvalue weighted by Crippen LogP contribution is -2.31. The first-order valence-corrected chi connectivity index (χ1v) is 13.6. The first-order chi connectivity index (χ1) is 17.2. The maximum Gasteiger partial charge on any atom is 0.341 e. The Morgan fingerprint density at radius 3 is 2.56 bits per heavy atom. The van der Waals surface area contributed by atoms with Crippen LogP contribution in [0.1, 0.15) is 34.1 Å². The second kappa shape index (κ2) is 10.6. The highest BCUT2D eigenvalue weighted by Crippen LogP contribution is 2.36. The minimum absolute atomic E-state index is 0.153. The number of nitrogens with zero attached hydrogens (tertiary/aromatic N) is 1. The van der Waals surface area contributed by atoms with E-state index in [2.05, 4.69) is 5.32 Å². The number of carbonyl (C=O) groups is 3. The minimum atomic E-state index is -3.95. The maximum absolute atomic E-state index is 13.1. The average Bonchev–Trinajstić information content (AvgIpc) is 3.52. The summed E-state index contributed by atoms with van der Waals surface area (Å²) in [5.74, 6) is -1.71. The number of nitrogens with two attached hydrogens (primary N) is 1. The summed E-state index contributed by atoms with van der Waals surface area (Å²) in [7, 11) is -3.95. The molecule has 0 radical (unpaired) electrons. The lowest BCUT2D eigenvalue weighted by molar-refractivity contribution is -0.119. The Hall–Kier alpha value is -3.54. The number of hydrogen-bond acceptors (Lipinski definition) is 7. The summed E-state index contributed by atoms with van der Waals surface area (Å²) in [6, 6.07) is 16.7. The van der Waals surface area contributed by atoms with E-state index in [4.69, 9.17) is 9.88 Å². The van der Waals surface area contributed by atoms with E-state index in [0.717, 1.165) is 10.4 Å². The van der Waals surface area contributed by atoms with Crippen LogP contribution in [0.4, 0.5) is 5.00 Å². The molecule has 188 valence electrons. The number of likely N-dealkylation sites (tertiary alicyclic amines) is 1. The lowest BCUT2D eigenvalue weighted by Gasteiger charge is -2.17. The Morgan fingerprint density at radius 1 is 1.11 bits per heavy atom. The third-order valence-corrected chi connectivity index (χ3v) is 7.79. The topological polar surface area (TPSA) is 136 Å². The molecule has 1 atom stereocenters. The van der Waals surface area contributed by atoms with Gasteiger partial charge in [0.05, 0.1) is 23.0 Å². The molecule has 0 unspecified atom stereocenters. The van der Waals surface area contributed by atoms with E-state index >= 15 is 0 Å². The van der Waals surface area contributed by atoms with Gasteiger partial charge < -0.3 is 15.0 Å². The number of benzene rings is 2. The predicted octanol–water partition coefficient (Wildman–Crippen LogP) is 3.34. The van der Waals surface area contributed by atoms with Crippen molar-refractivity contribution in [2.24, 2.45) is 11.1 Å². The van der Waals surface area contributed by atoms with Gasteiger partial charge in [-0.2, -0.15) is 0 Å². The number of esters is 1. The molecule has 11 heteroatoms. The zero-order valence-corrected chi connectivity index (χ0v) is 21.1. The second-order valence-electron chi connectivity index (χ2n) is 8.24. The molecular formula is C25H25N3O6S2. The van der Waals surface area contributed by atoms with Gasteiger partial charge >= 0.3 is 5.97 Å². The summed E-state index contributed by atoms with van der Waals surface area (Å²) in [6.07, 6.45) is 0.429. The molecule has 2 aromatic carbocycles. The molecule has 2 heterocycles. The largest absolute Gasteiger partial charge is 0.462 e. The third kappa shape index (κ3) is 5.64. The summed E-state index contributed by atoms with van der Waals surface area (Å²) in [4.78, 5) is 40.7. The van der Waals surface area contributed by atoms with Crippen molar-refractivity contribution in [3.8, 4) is 10.4 Å². The molecule has 1 saturated heterocycles. The van der Waals surface area contributed by atoms with Crippen LogP contribution < -0.4 is 10.5 Å². The summed E-state index contributed by atoms with van der Waals surface area (Å²) >= 11 is 1.28. The fraction of sp³-hybridized carbons (Fsp3) is 0.240. The number of nitrogens with one attached hydrogen (secondary N) is 1. The van der Waals surface area contributed by atoms with Crippen LogP contribution in [-0.2, 0) is 19.6 Å². The summed E-state index contributed by atoms with van der Waals surface area (Å²) in [5.41, 5.74) is 1.37. The first kappa shape index (κ1) is 25.5. The van der Waals surface area contributed by atoms with Crippen LogP contribution in [0.25, 0.3) is 10.4 Å². The van der Waals surface area contributed by atoms with Gasteiger partial charge in [-0.15, -0.1) is 11.3 Å². The van der Waals surface area contributed by atoms with Gasteiger partial charge in [0.15, 0.2) is 0 Å². The Morgan fingerprint density at radius 2 is 1.86 bits per heavy atom. The van der Waals surface area contributed by atoms with Crippen LogP contribution >= 0.6 is 11.3 Å². The van der Waals surface area contributed by atoms with Gasteiger partial charge in [-0.3, -0.25) is 9.59 Å². The van der Waals surface area contributed by atoms with E-state index in [-0.39, 0.29) is 41.0 Å². The van der Waals surface area contributed by atoms with Gasteiger partial charge in [0.2, 0.25) is 15.9 Å². The Bertz CT molecular complexity index is 1400. The monoisotopic (exact) mass is 527 g/mol. The van der Waals surface area contributed by atoms with Crippen molar-refractivity contribution >= 4 is 44.1 Å². The molecule has 2 amide bonds. The van der Waals surface area contributed by atoms with E-state index in [0.29, 0.717) is 18.0 Å². The number of carbonyl (C=O) groups excluding carboxylic acids is 3. The van der Waals surface area contributed by atoms with Crippen molar-refractivity contribution in [2.45, 2.75) is 18.2 Å². The quantitative estimate of drug-likeness (QED) is 0.453. The molecule has 0 saturated carbocycles. The van der Waals surface area contributed by atoms with Gasteiger partial charge in [0.1, 0.15) is 5.00 Å². The highest BCUT2D eigenvalue weighted by molar-refractivity contribution is 7.89. The molecule has 1 fully saturated rings. The molecular weight excluding hydrogens is 502 g/mol. The van der Waals surface area contributed by atoms with Crippen molar-refractivity contribution in [3.63, 3.8) is 0 Å². The molecule has 0 bridgehead atoms. The van der Waals surface area contributed by atoms with Crippen LogP contribution in [0.2, 0.25) is 0 Å². The van der Waals surface area contributed by atoms with E-state index in [9.17, 15) is 22.8 Å². The number of thiophene rings is 1. The van der Waals surface area contributed by atoms with Crippen molar-refractivity contribution in [1.82, 2.24) is 4.90 Å². The average molecular weight is 528 g/mol. The summed E-state index contributed by atoms with van der Waals surface area (Å²) < 4.78 is 28.4. The highest BCUT2D eigenvalue weighted by atomic mass is 32.2. The number of amides is 2. The van der Waals surface area contributed by atoms with Crippen LogP contribution in [-0.4, -0.2) is 50.8 Å². The molecule has 1 aromatic heterocycles. The lowest BCUT2D eigenvalue weighted by atomic mass is 10.1. The normalized spacial score (nSPS) is 15.5. The first-order valence-electron chi connectivity index (χ1n) is 11.3. The number of hydrogen-bond donors (Lipinski definition) is 2. The van der Waals surface area contributed by atoms with Crippen LogP contribution in [0, 0.1) is 5.92 Å². The SMILES string of the molecule is CCOC(=O)c1cc(-c2ccccc2)sc1NC(=O)[C@H]1CCN(C(=O)c2cccc(S(N)(=O)=O)c2)C1. The van der Waals surface area contributed by atoms with E-state index in [1.165, 1.54) is 40.5 Å². The van der Waals surface area contributed by atoms with Crippen LogP contribution in [0.5, 0.6) is 0 Å². The fourth-order valence-corrected chi connectivity index (χ4v) is 5.56. The van der Waals surface area contributed by atoms with Crippen molar-refractivity contribution < 1.29 is 27.5 Å². The Kier molecular flexibility index (Phi) is 7.53. The zero-order chi connectivity index (χ0) is 25.9. The smallest absolute Gasteiger partial charge is 0.341 e. The van der Waals surface area contributed by atoms with Crippen LogP contribution in [0.3, 0.4) is 0 Å². The van der Waals surface area contributed by atoms with Gasteiger partial charge in [-0.25, -0.2) is 18.4 Å². The second-order valence-corrected chi connectivity index (χ2v) is 10.9. The van der Waals surface area contributed by atoms with Gasteiger partial charge in [-0.1, -0.05) is 36.4 Å². The standard InChI is InChI=1S/C25H25N3O6S2/c1-2-34-25(31)20-14-21(16-7-4-3-5-8-16)35-23(20)27-22(29)18-11-12-28(15-18)24(30)17-9-6-10-19(13-17)36(26,32)33/h3-10,13-14,18H,2,11-12,15H2,1H3,(H,27,29)(H2,26,32,33)/t18-/m0/s1. The molecule has 1 aliphatic heterocycles. The number of rotatable bonds is 7. The molecule has 1 aliphatic rings. The molecule has 4 rings (SSSR count). The molecule has 3 N–H and O–H groups in total. The zero-order valence-electron chi connectivity index (χ0n) is 19.5. The van der Waals surface area contributed by atoms with E-state index in [1.807, 2.05) is 30.3 Å². The number of anilines is 1. The molecule has 0 aliphatic carbocycles. The van der Waals surface area contributed by atoms with E-state index in [1.54, 1.807) is 13.0 Å². The highest BCUT2D eigenvalue weighted by Gasteiger charge is 2.33. The Balaban J connectivity index is 1.49. The van der Waals surface area contributed by atoms with Gasteiger partial charge in [-0.05, 0) is 43.2 Å². The number of sulfonamides is 1. The molecule has 0 spiro atoms. The summed E-state index contributed by atoms with van der Waals surface area (Å²) in [6.45, 7) is 2.41. The predicted molar refractivity (Wildman–Crippen MR) is 136 cm³/mol. The van der Waals surface area contributed by atoms with Gasteiger partial charge in [0, 0.05) is 23.5 Å². The van der Waals surface area contributed by atoms with E-state index < -0.39 is 21.9 Å². The Labute approximate surface area is 212 Å². The maximum atomic E-state index is 13.1. The molecule has 3 aromatic rings. The van der Waals surface area contributed by atoms with Crippen LogP contribution in [0.15, 0.2) is 65.6 Å².